The van der Waals surface area contributed by atoms with Gasteiger partial charge in [0.1, 0.15) is 11.5 Å². The number of carbonyl (C=O) groups is 2. The van der Waals surface area contributed by atoms with E-state index < -0.39 is 11.7 Å². The number of benzene rings is 3. The van der Waals surface area contributed by atoms with Gasteiger partial charge in [-0.05, 0) is 42.3 Å². The number of halogens is 1. The first-order valence-electron chi connectivity index (χ1n) is 9.83. The summed E-state index contributed by atoms with van der Waals surface area (Å²) < 4.78 is 13.5. The summed E-state index contributed by atoms with van der Waals surface area (Å²) >= 11 is 0. The van der Waals surface area contributed by atoms with Gasteiger partial charge in [-0.15, -0.1) is 0 Å². The zero-order chi connectivity index (χ0) is 21.1. The molecule has 30 heavy (non-hydrogen) atoms. The van der Waals surface area contributed by atoms with Gasteiger partial charge in [0.15, 0.2) is 0 Å². The van der Waals surface area contributed by atoms with E-state index in [0.717, 1.165) is 5.56 Å². The quantitative estimate of drug-likeness (QED) is 0.567. The molecule has 0 saturated carbocycles. The molecule has 0 unspecified atom stereocenters. The molecule has 0 aromatic heterocycles. The summed E-state index contributed by atoms with van der Waals surface area (Å²) in [5.74, 6) is -1.17. The minimum absolute atomic E-state index is 0.293. The highest BCUT2D eigenvalue weighted by Crippen LogP contribution is 2.35. The van der Waals surface area contributed by atoms with Crippen LogP contribution in [0, 0.1) is 5.82 Å². The van der Waals surface area contributed by atoms with Gasteiger partial charge in [-0.1, -0.05) is 60.7 Å². The van der Waals surface area contributed by atoms with Crippen molar-refractivity contribution in [2.75, 3.05) is 11.4 Å². The Morgan fingerprint density at radius 3 is 2.00 bits per heavy atom. The molecule has 3 aromatic rings. The fourth-order valence-corrected chi connectivity index (χ4v) is 3.65. The van der Waals surface area contributed by atoms with Crippen LogP contribution in [0.2, 0.25) is 0 Å². The van der Waals surface area contributed by atoms with E-state index in [1.54, 1.807) is 36.4 Å². The van der Waals surface area contributed by atoms with Crippen LogP contribution in [0.3, 0.4) is 0 Å². The lowest BCUT2D eigenvalue weighted by atomic mass is 10.0. The number of para-hydroxylation sites is 1. The number of amides is 2. The number of rotatable bonds is 6. The van der Waals surface area contributed by atoms with Gasteiger partial charge in [-0.25, -0.2) is 9.29 Å². The third-order valence-electron chi connectivity index (χ3n) is 5.12. The number of nitrogens with zero attached hydrogens (tertiary/aromatic N) is 2. The van der Waals surface area contributed by atoms with E-state index in [0.29, 0.717) is 35.6 Å². The van der Waals surface area contributed by atoms with Crippen molar-refractivity contribution in [3.05, 3.63) is 108 Å². The fourth-order valence-electron chi connectivity index (χ4n) is 3.65. The smallest absolute Gasteiger partial charge is 0.282 e. The molecule has 150 valence electrons. The second-order valence-electron chi connectivity index (χ2n) is 7.01. The van der Waals surface area contributed by atoms with Gasteiger partial charge in [0.25, 0.3) is 11.8 Å². The predicted molar refractivity (Wildman–Crippen MR) is 115 cm³/mol. The maximum atomic E-state index is 13.5. The summed E-state index contributed by atoms with van der Waals surface area (Å²) in [4.78, 5) is 30.0. The molecule has 4 rings (SSSR count). The molecule has 0 fully saturated rings. The molecule has 0 bridgehead atoms. The fraction of sp³-hybridized carbons (Fsp3) is 0.120. The molecular weight excluding hydrogens is 379 g/mol. The molecule has 4 nitrogen and oxygen atoms in total. The van der Waals surface area contributed by atoms with Crippen LogP contribution >= 0.6 is 0 Å². The van der Waals surface area contributed by atoms with E-state index in [1.165, 1.54) is 17.0 Å². The summed E-state index contributed by atoms with van der Waals surface area (Å²) in [6.07, 6.45) is 0. The summed E-state index contributed by atoms with van der Waals surface area (Å²) in [5, 5.41) is 0. The monoisotopic (exact) mass is 400 g/mol. The third-order valence-corrected chi connectivity index (χ3v) is 5.12. The zero-order valence-electron chi connectivity index (χ0n) is 16.6. The molecule has 0 radical (unpaired) electrons. The second-order valence-corrected chi connectivity index (χ2v) is 7.01. The summed E-state index contributed by atoms with van der Waals surface area (Å²) in [6.45, 7) is 2.97. The van der Waals surface area contributed by atoms with E-state index >= 15 is 0 Å². The standard InChI is InChI=1S/C25H21FN2O2/c1-2-27(17-18-9-5-3-6-10-18)23-22(19-13-15-20(26)16-14-19)24(29)28(25(23)30)21-11-7-4-8-12-21/h3-16H,2,17H2,1H3. The molecule has 1 aliphatic rings. The number of imide groups is 1. The van der Waals surface area contributed by atoms with E-state index in [2.05, 4.69) is 0 Å². The lowest BCUT2D eigenvalue weighted by Gasteiger charge is -2.25. The van der Waals surface area contributed by atoms with Crippen LogP contribution in [0.4, 0.5) is 10.1 Å². The Kier molecular flexibility index (Phi) is 5.44. The van der Waals surface area contributed by atoms with Crippen LogP contribution in [-0.4, -0.2) is 23.3 Å². The SMILES string of the molecule is CCN(Cc1ccccc1)C1=C(c2ccc(F)cc2)C(=O)N(c2ccccc2)C1=O. The van der Waals surface area contributed by atoms with Crippen molar-refractivity contribution in [1.29, 1.82) is 0 Å². The minimum Gasteiger partial charge on any atom is -0.362 e. The van der Waals surface area contributed by atoms with Crippen molar-refractivity contribution in [2.24, 2.45) is 0 Å². The molecule has 1 aliphatic heterocycles. The second kappa shape index (κ2) is 8.33. The molecule has 0 spiro atoms. The van der Waals surface area contributed by atoms with Gasteiger partial charge in [0, 0.05) is 13.1 Å². The molecule has 0 saturated heterocycles. The first-order valence-corrected chi connectivity index (χ1v) is 9.83. The maximum Gasteiger partial charge on any atom is 0.282 e. The van der Waals surface area contributed by atoms with Crippen LogP contribution in [0.1, 0.15) is 18.1 Å². The van der Waals surface area contributed by atoms with Crippen molar-refractivity contribution >= 4 is 23.1 Å². The van der Waals surface area contributed by atoms with Crippen LogP contribution in [0.15, 0.2) is 90.6 Å². The van der Waals surface area contributed by atoms with Crippen LogP contribution in [0.25, 0.3) is 5.57 Å². The Balaban J connectivity index is 1.83. The lowest BCUT2D eigenvalue weighted by Crippen LogP contribution is -2.35. The molecule has 0 N–H and O–H groups in total. The molecular formula is C25H21FN2O2. The number of carbonyl (C=O) groups excluding carboxylic acids is 2. The topological polar surface area (TPSA) is 40.6 Å². The molecule has 1 heterocycles. The summed E-state index contributed by atoms with van der Waals surface area (Å²) in [5.41, 5.74) is 2.69. The maximum absolute atomic E-state index is 13.5. The van der Waals surface area contributed by atoms with E-state index in [-0.39, 0.29) is 5.91 Å². The average molecular weight is 400 g/mol. The summed E-state index contributed by atoms with van der Waals surface area (Å²) in [7, 11) is 0. The highest BCUT2D eigenvalue weighted by Gasteiger charge is 2.42. The van der Waals surface area contributed by atoms with E-state index in [1.807, 2.05) is 48.2 Å². The van der Waals surface area contributed by atoms with Crippen LogP contribution < -0.4 is 4.90 Å². The van der Waals surface area contributed by atoms with Gasteiger partial charge in [0.05, 0.1) is 11.3 Å². The van der Waals surface area contributed by atoms with Crippen molar-refractivity contribution in [2.45, 2.75) is 13.5 Å². The molecule has 0 atom stereocenters. The number of likely N-dealkylation sites (N-methyl/N-ethyl adjacent to an activating group) is 1. The van der Waals surface area contributed by atoms with Gasteiger partial charge < -0.3 is 4.90 Å². The molecule has 3 aromatic carbocycles. The molecule has 2 amide bonds. The Morgan fingerprint density at radius 2 is 1.40 bits per heavy atom. The zero-order valence-corrected chi connectivity index (χ0v) is 16.6. The first kappa shape index (κ1) is 19.6. The number of hydrogen-bond donors (Lipinski definition) is 0. The molecule has 5 heteroatoms. The third kappa shape index (κ3) is 3.62. The average Bonchev–Trinajstić information content (AvgIpc) is 3.04. The van der Waals surface area contributed by atoms with Crippen molar-refractivity contribution in [1.82, 2.24) is 4.90 Å². The van der Waals surface area contributed by atoms with Gasteiger partial charge in [0.2, 0.25) is 0 Å². The molecule has 0 aliphatic carbocycles. The Hall–Kier alpha value is -3.73. The largest absolute Gasteiger partial charge is 0.362 e. The lowest BCUT2D eigenvalue weighted by molar-refractivity contribution is -0.120. The first-order chi connectivity index (χ1) is 14.6. The Morgan fingerprint density at radius 1 is 0.800 bits per heavy atom. The van der Waals surface area contributed by atoms with Crippen LogP contribution in [0.5, 0.6) is 0 Å². The van der Waals surface area contributed by atoms with Crippen molar-refractivity contribution in [3.8, 4) is 0 Å². The van der Waals surface area contributed by atoms with E-state index in [4.69, 9.17) is 0 Å². The van der Waals surface area contributed by atoms with Gasteiger partial charge in [-0.3, -0.25) is 9.59 Å². The van der Waals surface area contributed by atoms with E-state index in [9.17, 15) is 14.0 Å². The Bertz CT molecular complexity index is 1090. The normalized spacial score (nSPS) is 13.9. The number of anilines is 1. The van der Waals surface area contributed by atoms with Crippen molar-refractivity contribution < 1.29 is 14.0 Å². The highest BCUT2D eigenvalue weighted by atomic mass is 19.1. The summed E-state index contributed by atoms with van der Waals surface area (Å²) in [6, 6.07) is 24.3. The predicted octanol–water partition coefficient (Wildman–Crippen LogP) is 4.63. The minimum atomic E-state index is -0.403. The van der Waals surface area contributed by atoms with Crippen LogP contribution in [-0.2, 0) is 16.1 Å². The van der Waals surface area contributed by atoms with Gasteiger partial charge >= 0.3 is 0 Å². The number of hydrogen-bond acceptors (Lipinski definition) is 3. The highest BCUT2D eigenvalue weighted by molar-refractivity contribution is 6.45. The van der Waals surface area contributed by atoms with Gasteiger partial charge in [-0.2, -0.15) is 0 Å². The van der Waals surface area contributed by atoms with Crippen molar-refractivity contribution in [3.63, 3.8) is 0 Å². The Labute approximate surface area is 174 Å².